The maximum atomic E-state index is 10.2. The zero-order valence-corrected chi connectivity index (χ0v) is 22.7. The smallest absolute Gasteiger partial charge is 0.216 e. The third kappa shape index (κ3) is 3.97. The molecule has 1 atom stereocenters. The number of aromatic nitrogens is 1. The molecule has 3 aromatic carbocycles. The van der Waals surface area contributed by atoms with E-state index in [-0.39, 0.29) is 5.92 Å². The van der Waals surface area contributed by atoms with Crippen molar-refractivity contribution in [2.45, 2.75) is 64.1 Å². The molecule has 3 nitrogen and oxygen atoms in total. The molecule has 2 aliphatic carbocycles. The topological polar surface area (TPSA) is 40.8 Å². The molecule has 1 saturated carbocycles. The van der Waals surface area contributed by atoms with E-state index in [2.05, 4.69) is 35.8 Å². The van der Waals surface area contributed by atoms with Gasteiger partial charge >= 0.3 is 0 Å². The van der Waals surface area contributed by atoms with Gasteiger partial charge in [-0.15, -0.1) is 0 Å². The summed E-state index contributed by atoms with van der Waals surface area (Å²) >= 11 is 0. The summed E-state index contributed by atoms with van der Waals surface area (Å²) in [6, 6.07) is 22.4. The van der Waals surface area contributed by atoms with Gasteiger partial charge in [-0.3, -0.25) is 0 Å². The highest BCUT2D eigenvalue weighted by Crippen LogP contribution is 2.46. The van der Waals surface area contributed by atoms with Crippen molar-refractivity contribution in [3.8, 4) is 28.5 Å². The van der Waals surface area contributed by atoms with E-state index >= 15 is 0 Å². The quantitative estimate of drug-likeness (QED) is 0.226. The van der Waals surface area contributed by atoms with Crippen LogP contribution in [0, 0.1) is 24.2 Å². The molecule has 39 heavy (non-hydrogen) atoms. The summed E-state index contributed by atoms with van der Waals surface area (Å²) in [5.74, 6) is -0.526. The SMILES string of the molecule is [2H]C1([2H])CCC([2H])(C2CCCCC2)c2ccc(-c3c(C#N)ccc4c3oc3c(-c5cccc[n+]5C)c(C)ccc34)cc21. The molecule has 0 spiro atoms. The third-order valence-electron chi connectivity index (χ3n) is 8.91. The van der Waals surface area contributed by atoms with Crippen LogP contribution in [0.5, 0.6) is 0 Å². The van der Waals surface area contributed by atoms with E-state index in [0.29, 0.717) is 35.1 Å². The number of nitriles is 1. The van der Waals surface area contributed by atoms with Crippen LogP contribution >= 0.6 is 0 Å². The number of rotatable bonds is 3. The van der Waals surface area contributed by atoms with Gasteiger partial charge < -0.3 is 4.42 Å². The van der Waals surface area contributed by atoms with Gasteiger partial charge in [-0.2, -0.15) is 5.26 Å². The van der Waals surface area contributed by atoms with E-state index in [1.807, 2.05) is 55.7 Å². The van der Waals surface area contributed by atoms with Crippen LogP contribution in [0.25, 0.3) is 44.3 Å². The van der Waals surface area contributed by atoms with Crippen molar-refractivity contribution in [1.82, 2.24) is 0 Å². The molecule has 1 unspecified atom stereocenters. The zero-order valence-electron chi connectivity index (χ0n) is 25.7. The molecule has 0 amide bonds. The minimum absolute atomic E-state index is 0.251. The predicted molar refractivity (Wildman–Crippen MR) is 157 cm³/mol. The van der Waals surface area contributed by atoms with Crippen LogP contribution in [0.3, 0.4) is 0 Å². The standard InChI is InChI=1S/C36H35N2O/c1-23-14-17-30-31-19-16-27(22-37)34(36(31)39-35(30)33(23)32-13-6-7-20-38(32)2)26-15-18-29-25(21-26)11-8-12-28(29)24-9-4-3-5-10-24/h6-7,13-21,24,28H,3-5,8-12H2,1-2H3/q+1/i11D2,28D. The molecule has 7 rings (SSSR count). The van der Waals surface area contributed by atoms with Gasteiger partial charge in [-0.05, 0) is 91.2 Å². The normalized spacial score (nSPS) is 22.1. The van der Waals surface area contributed by atoms with Crippen molar-refractivity contribution in [2.75, 3.05) is 0 Å². The van der Waals surface area contributed by atoms with Crippen molar-refractivity contribution < 1.29 is 13.1 Å². The minimum Gasteiger partial charge on any atom is -0.454 e. The first-order valence-corrected chi connectivity index (χ1v) is 14.2. The molecular weight excluding hydrogens is 476 g/mol. The first-order valence-electron chi connectivity index (χ1n) is 15.7. The van der Waals surface area contributed by atoms with Crippen molar-refractivity contribution in [1.29, 1.82) is 5.26 Å². The summed E-state index contributed by atoms with van der Waals surface area (Å²) in [6.45, 7) is 2.08. The van der Waals surface area contributed by atoms with Gasteiger partial charge in [0, 0.05) is 32.6 Å². The summed E-state index contributed by atoms with van der Waals surface area (Å²) < 4.78 is 36.4. The lowest BCUT2D eigenvalue weighted by Crippen LogP contribution is -2.30. The van der Waals surface area contributed by atoms with E-state index < -0.39 is 12.3 Å². The number of furan rings is 1. The second kappa shape index (κ2) is 9.69. The van der Waals surface area contributed by atoms with Gasteiger partial charge in [0.25, 0.3) is 0 Å². The molecule has 1 fully saturated rings. The van der Waals surface area contributed by atoms with Crippen LogP contribution in [0.2, 0.25) is 0 Å². The lowest BCUT2D eigenvalue weighted by Gasteiger charge is -2.35. The Labute approximate surface area is 234 Å². The van der Waals surface area contributed by atoms with Crippen molar-refractivity contribution in [3.63, 3.8) is 0 Å². The Balaban J connectivity index is 1.47. The molecule has 5 aromatic rings. The highest BCUT2D eigenvalue weighted by atomic mass is 16.3. The second-order valence-electron chi connectivity index (χ2n) is 11.2. The van der Waals surface area contributed by atoms with Gasteiger partial charge in [0.2, 0.25) is 5.69 Å². The minimum atomic E-state index is -1.54. The Morgan fingerprint density at radius 1 is 0.923 bits per heavy atom. The van der Waals surface area contributed by atoms with E-state index in [9.17, 15) is 6.63 Å². The fraction of sp³-hybridized carbons (Fsp3) is 0.333. The first kappa shape index (κ1) is 21.0. The van der Waals surface area contributed by atoms with E-state index in [1.54, 1.807) is 0 Å². The molecule has 2 heterocycles. The number of fused-ring (bicyclic) bond motifs is 4. The maximum Gasteiger partial charge on any atom is 0.216 e. The fourth-order valence-corrected chi connectivity index (χ4v) is 6.95. The Morgan fingerprint density at radius 2 is 1.72 bits per heavy atom. The summed E-state index contributed by atoms with van der Waals surface area (Å²) in [5.41, 5.74) is 7.92. The molecule has 0 bridgehead atoms. The Morgan fingerprint density at radius 3 is 2.51 bits per heavy atom. The fourth-order valence-electron chi connectivity index (χ4n) is 6.95. The van der Waals surface area contributed by atoms with Gasteiger partial charge in [0.1, 0.15) is 18.2 Å². The van der Waals surface area contributed by atoms with Crippen molar-refractivity contribution >= 4 is 21.9 Å². The maximum absolute atomic E-state index is 10.2. The second-order valence-corrected chi connectivity index (χ2v) is 11.2. The van der Waals surface area contributed by atoms with Crippen LogP contribution in [-0.4, -0.2) is 0 Å². The van der Waals surface area contributed by atoms with Gasteiger partial charge in [0.15, 0.2) is 6.20 Å². The monoisotopic (exact) mass is 514 g/mol. The van der Waals surface area contributed by atoms with Crippen LogP contribution < -0.4 is 4.57 Å². The van der Waals surface area contributed by atoms with Crippen LogP contribution in [0.1, 0.15) is 77.2 Å². The van der Waals surface area contributed by atoms with Crippen LogP contribution in [0.15, 0.2) is 71.3 Å². The molecule has 0 radical (unpaired) electrons. The molecule has 2 aliphatic rings. The van der Waals surface area contributed by atoms with E-state index in [4.69, 9.17) is 7.16 Å². The Hall–Kier alpha value is -3.90. The van der Waals surface area contributed by atoms with E-state index in [1.165, 1.54) is 6.42 Å². The van der Waals surface area contributed by atoms with Gasteiger partial charge in [0.05, 0.1) is 17.2 Å². The average molecular weight is 515 g/mol. The highest BCUT2D eigenvalue weighted by molar-refractivity contribution is 6.14. The Bertz CT molecular complexity index is 1910. The van der Waals surface area contributed by atoms with Crippen LogP contribution in [-0.2, 0) is 13.4 Å². The molecule has 0 aliphatic heterocycles. The van der Waals surface area contributed by atoms with Gasteiger partial charge in [-0.1, -0.05) is 49.6 Å². The summed E-state index contributed by atoms with van der Waals surface area (Å²) in [4.78, 5) is 0. The molecule has 194 valence electrons. The number of nitrogens with zero attached hydrogens (tertiary/aromatic N) is 2. The summed E-state index contributed by atoms with van der Waals surface area (Å²) in [6.07, 6.45) is 6.94. The third-order valence-corrected chi connectivity index (χ3v) is 8.91. The average Bonchev–Trinajstić information content (AvgIpc) is 3.38. The van der Waals surface area contributed by atoms with Crippen LogP contribution in [0.4, 0.5) is 0 Å². The largest absolute Gasteiger partial charge is 0.454 e. The van der Waals surface area contributed by atoms with Crippen molar-refractivity contribution in [2.24, 2.45) is 13.0 Å². The van der Waals surface area contributed by atoms with E-state index in [0.717, 1.165) is 70.0 Å². The van der Waals surface area contributed by atoms with Gasteiger partial charge in [-0.25, -0.2) is 4.57 Å². The first-order chi connectivity index (χ1) is 20.2. The molecule has 2 aromatic heterocycles. The van der Waals surface area contributed by atoms with Crippen molar-refractivity contribution in [3.05, 3.63) is 89.1 Å². The Kier molecular flexibility index (Phi) is 5.21. The number of benzene rings is 3. The summed E-state index contributed by atoms with van der Waals surface area (Å²) in [5, 5.41) is 12.1. The zero-order chi connectivity index (χ0) is 29.2. The number of pyridine rings is 1. The lowest BCUT2D eigenvalue weighted by molar-refractivity contribution is -0.660. The number of hydrogen-bond donors (Lipinski definition) is 0. The highest BCUT2D eigenvalue weighted by Gasteiger charge is 2.30. The molecule has 0 saturated heterocycles. The summed E-state index contributed by atoms with van der Waals surface area (Å²) in [7, 11) is 2.02. The predicted octanol–water partition coefficient (Wildman–Crippen LogP) is 8.92. The molecular formula is C36H35N2O+. The lowest BCUT2D eigenvalue weighted by atomic mass is 9.70. The molecule has 0 N–H and O–H groups in total. The number of aryl methyl sites for hydroxylation is 3. The number of hydrogen-bond acceptors (Lipinski definition) is 2. The molecule has 3 heteroatoms.